The molecule has 3 aromatic carbocycles. The van der Waals surface area contributed by atoms with Gasteiger partial charge in [-0.15, -0.1) is 10.2 Å². The van der Waals surface area contributed by atoms with Crippen molar-refractivity contribution in [1.82, 2.24) is 14.8 Å². The predicted octanol–water partition coefficient (Wildman–Crippen LogP) is 5.25. The fourth-order valence-corrected chi connectivity index (χ4v) is 3.95. The van der Waals surface area contributed by atoms with Gasteiger partial charge in [0.05, 0.1) is 5.75 Å². The molecule has 0 aliphatic heterocycles. The van der Waals surface area contributed by atoms with E-state index in [-0.39, 0.29) is 11.5 Å². The zero-order valence-corrected chi connectivity index (χ0v) is 17.7. The van der Waals surface area contributed by atoms with Gasteiger partial charge in [0.1, 0.15) is 0 Å². The summed E-state index contributed by atoms with van der Waals surface area (Å²) in [6.45, 7) is 0. The predicted molar refractivity (Wildman–Crippen MR) is 120 cm³/mol. The number of nitrogens with two attached hydrogens (primary N) is 1. The van der Waals surface area contributed by atoms with Crippen LogP contribution in [0.1, 0.15) is 10.4 Å². The lowest BCUT2D eigenvalue weighted by Gasteiger charge is -2.10. The molecule has 0 bridgehead atoms. The molecule has 29 heavy (non-hydrogen) atoms. The van der Waals surface area contributed by atoms with Crippen molar-refractivity contribution in [1.29, 1.82) is 0 Å². The maximum absolute atomic E-state index is 12.6. The van der Waals surface area contributed by atoms with Crippen molar-refractivity contribution in [3.63, 3.8) is 0 Å². The standard InChI is InChI=1S/C22H17BrN4OS/c23-17-10-6-15(7-11-17)20(28)14-29-22-26-25-21(16-8-12-18(24)13-9-16)27(22)19-4-2-1-3-5-19/h1-13H,14,24H2. The third kappa shape index (κ3) is 4.41. The Kier molecular flexibility index (Phi) is 5.78. The second kappa shape index (κ2) is 8.63. The molecule has 1 heterocycles. The van der Waals surface area contributed by atoms with E-state index in [1.54, 1.807) is 0 Å². The van der Waals surface area contributed by atoms with Crippen LogP contribution in [-0.2, 0) is 0 Å². The molecule has 4 rings (SSSR count). The number of halogens is 1. The average molecular weight is 465 g/mol. The highest BCUT2D eigenvalue weighted by Crippen LogP contribution is 2.28. The highest BCUT2D eigenvalue weighted by atomic mass is 79.9. The number of aromatic nitrogens is 3. The summed E-state index contributed by atoms with van der Waals surface area (Å²) in [5.41, 5.74) is 9.02. The molecule has 0 radical (unpaired) electrons. The molecular formula is C22H17BrN4OS. The SMILES string of the molecule is Nc1ccc(-c2nnc(SCC(=O)c3ccc(Br)cc3)n2-c2ccccc2)cc1. The topological polar surface area (TPSA) is 73.8 Å². The first-order chi connectivity index (χ1) is 14.1. The second-order valence-corrected chi connectivity index (χ2v) is 8.18. The quantitative estimate of drug-likeness (QED) is 0.239. The largest absolute Gasteiger partial charge is 0.399 e. The fraction of sp³-hybridized carbons (Fsp3) is 0.0455. The summed E-state index contributed by atoms with van der Waals surface area (Å²) >= 11 is 4.76. The van der Waals surface area contributed by atoms with Crippen LogP contribution in [0, 0.1) is 0 Å². The third-order valence-electron chi connectivity index (χ3n) is 4.32. The van der Waals surface area contributed by atoms with E-state index in [9.17, 15) is 4.79 Å². The van der Waals surface area contributed by atoms with Gasteiger partial charge in [0, 0.05) is 27.0 Å². The van der Waals surface area contributed by atoms with Crippen LogP contribution in [0.2, 0.25) is 0 Å². The minimum absolute atomic E-state index is 0.0409. The number of carbonyl (C=O) groups excluding carboxylic acids is 1. The third-order valence-corrected chi connectivity index (χ3v) is 5.77. The molecular weight excluding hydrogens is 448 g/mol. The van der Waals surface area contributed by atoms with E-state index in [2.05, 4.69) is 26.1 Å². The van der Waals surface area contributed by atoms with Crippen molar-refractivity contribution >= 4 is 39.2 Å². The maximum atomic E-state index is 12.6. The number of thioether (sulfide) groups is 1. The summed E-state index contributed by atoms with van der Waals surface area (Å²) < 4.78 is 2.91. The van der Waals surface area contributed by atoms with E-state index >= 15 is 0 Å². The number of ketones is 1. The maximum Gasteiger partial charge on any atom is 0.196 e. The highest BCUT2D eigenvalue weighted by molar-refractivity contribution is 9.10. The number of rotatable bonds is 6. The van der Waals surface area contributed by atoms with E-state index in [1.165, 1.54) is 11.8 Å². The number of hydrogen-bond acceptors (Lipinski definition) is 5. The number of carbonyl (C=O) groups is 1. The molecule has 0 amide bonds. The highest BCUT2D eigenvalue weighted by Gasteiger charge is 2.17. The number of hydrogen-bond donors (Lipinski definition) is 1. The van der Waals surface area contributed by atoms with Gasteiger partial charge in [0.15, 0.2) is 16.8 Å². The Morgan fingerprint density at radius 1 is 0.931 bits per heavy atom. The normalized spacial score (nSPS) is 10.8. The zero-order chi connectivity index (χ0) is 20.2. The average Bonchev–Trinajstić information content (AvgIpc) is 3.17. The van der Waals surface area contributed by atoms with Crippen LogP contribution in [0.5, 0.6) is 0 Å². The second-order valence-electron chi connectivity index (χ2n) is 6.32. The Bertz CT molecular complexity index is 1130. The van der Waals surface area contributed by atoms with E-state index in [0.717, 1.165) is 15.7 Å². The van der Waals surface area contributed by atoms with Crippen molar-refractivity contribution < 1.29 is 4.79 Å². The van der Waals surface area contributed by atoms with Crippen molar-refractivity contribution in [2.75, 3.05) is 11.5 Å². The summed E-state index contributed by atoms with van der Waals surface area (Å²) in [7, 11) is 0. The smallest absolute Gasteiger partial charge is 0.196 e. The van der Waals surface area contributed by atoms with Crippen LogP contribution in [0.15, 0.2) is 88.5 Å². The number of nitrogen functional groups attached to an aromatic ring is 1. The molecule has 144 valence electrons. The molecule has 4 aromatic rings. The lowest BCUT2D eigenvalue weighted by atomic mass is 10.2. The molecule has 0 saturated carbocycles. The van der Waals surface area contributed by atoms with Crippen LogP contribution in [0.4, 0.5) is 5.69 Å². The van der Waals surface area contributed by atoms with Crippen LogP contribution < -0.4 is 5.73 Å². The van der Waals surface area contributed by atoms with Gasteiger partial charge in [-0.05, 0) is 48.5 Å². The summed E-state index contributed by atoms with van der Waals surface area (Å²) in [6, 6.07) is 24.7. The summed E-state index contributed by atoms with van der Waals surface area (Å²) in [6.07, 6.45) is 0. The number of anilines is 1. The molecule has 0 spiro atoms. The molecule has 0 aliphatic rings. The number of nitrogens with zero attached hydrogens (tertiary/aromatic N) is 3. The molecule has 5 nitrogen and oxygen atoms in total. The molecule has 0 saturated heterocycles. The van der Waals surface area contributed by atoms with Crippen molar-refractivity contribution in [3.8, 4) is 17.1 Å². The Labute approximate surface area is 181 Å². The van der Waals surface area contributed by atoms with Crippen molar-refractivity contribution in [2.24, 2.45) is 0 Å². The van der Waals surface area contributed by atoms with E-state index in [1.807, 2.05) is 83.4 Å². The van der Waals surface area contributed by atoms with Gasteiger partial charge in [-0.1, -0.05) is 58.0 Å². The van der Waals surface area contributed by atoms with E-state index in [4.69, 9.17) is 5.73 Å². The lowest BCUT2D eigenvalue weighted by Crippen LogP contribution is -2.05. The van der Waals surface area contributed by atoms with Gasteiger partial charge >= 0.3 is 0 Å². The Balaban J connectivity index is 1.65. The number of benzene rings is 3. The van der Waals surface area contributed by atoms with Crippen LogP contribution in [-0.4, -0.2) is 26.3 Å². The van der Waals surface area contributed by atoms with Gasteiger partial charge in [0.2, 0.25) is 0 Å². The molecule has 7 heteroatoms. The molecule has 0 unspecified atom stereocenters. The summed E-state index contributed by atoms with van der Waals surface area (Å²) in [4.78, 5) is 12.6. The monoisotopic (exact) mass is 464 g/mol. The Morgan fingerprint density at radius 3 is 2.31 bits per heavy atom. The van der Waals surface area contributed by atoms with Crippen molar-refractivity contribution in [2.45, 2.75) is 5.16 Å². The van der Waals surface area contributed by atoms with Crippen LogP contribution >= 0.6 is 27.7 Å². The first kappa shape index (κ1) is 19.4. The van der Waals surface area contributed by atoms with Gasteiger partial charge < -0.3 is 5.73 Å². The van der Waals surface area contributed by atoms with E-state index in [0.29, 0.717) is 22.2 Å². The Morgan fingerprint density at radius 2 is 1.62 bits per heavy atom. The minimum atomic E-state index is 0.0409. The van der Waals surface area contributed by atoms with Crippen LogP contribution in [0.25, 0.3) is 17.1 Å². The number of Topliss-reactive ketones (excluding diaryl/α,β-unsaturated/α-hetero) is 1. The van der Waals surface area contributed by atoms with Crippen LogP contribution in [0.3, 0.4) is 0 Å². The van der Waals surface area contributed by atoms with Crippen molar-refractivity contribution in [3.05, 3.63) is 88.9 Å². The van der Waals surface area contributed by atoms with Gasteiger partial charge in [-0.3, -0.25) is 9.36 Å². The molecule has 0 fully saturated rings. The zero-order valence-electron chi connectivity index (χ0n) is 15.3. The molecule has 1 aromatic heterocycles. The molecule has 0 aliphatic carbocycles. The molecule has 2 N–H and O–H groups in total. The van der Waals surface area contributed by atoms with Gasteiger partial charge in [-0.2, -0.15) is 0 Å². The summed E-state index contributed by atoms with van der Waals surface area (Å²) in [5, 5.41) is 9.41. The van der Waals surface area contributed by atoms with E-state index < -0.39 is 0 Å². The minimum Gasteiger partial charge on any atom is -0.399 e. The lowest BCUT2D eigenvalue weighted by molar-refractivity contribution is 0.102. The first-order valence-electron chi connectivity index (χ1n) is 8.90. The number of para-hydroxylation sites is 1. The summed E-state index contributed by atoms with van der Waals surface area (Å²) in [5.74, 6) is 1.02. The molecule has 0 atom stereocenters. The fourth-order valence-electron chi connectivity index (χ4n) is 2.84. The van der Waals surface area contributed by atoms with Gasteiger partial charge in [0.25, 0.3) is 0 Å². The Hall–Kier alpha value is -2.90. The van der Waals surface area contributed by atoms with Gasteiger partial charge in [-0.25, -0.2) is 0 Å². The first-order valence-corrected chi connectivity index (χ1v) is 10.7.